The predicted molar refractivity (Wildman–Crippen MR) is 112 cm³/mol. The molecule has 0 unspecified atom stereocenters. The second-order valence-electron chi connectivity index (χ2n) is 7.77. The minimum atomic E-state index is -0.970. The monoisotopic (exact) mass is 402 g/mol. The number of aliphatic hydroxyl groups is 1. The van der Waals surface area contributed by atoms with Crippen LogP contribution in [0.4, 0.5) is 5.69 Å². The third kappa shape index (κ3) is 5.25. The van der Waals surface area contributed by atoms with Gasteiger partial charge in [-0.3, -0.25) is 9.69 Å². The van der Waals surface area contributed by atoms with Crippen molar-refractivity contribution in [2.24, 2.45) is 0 Å². The first-order chi connectivity index (χ1) is 13.2. The number of nitrogens with one attached hydrogen (secondary N) is 1. The van der Waals surface area contributed by atoms with Crippen molar-refractivity contribution >= 4 is 23.2 Å². The van der Waals surface area contributed by atoms with E-state index in [1.165, 1.54) is 0 Å². The molecule has 6 heteroatoms. The van der Waals surface area contributed by atoms with Gasteiger partial charge in [-0.1, -0.05) is 29.8 Å². The second-order valence-corrected chi connectivity index (χ2v) is 8.21. The number of aryl methyl sites for hydroxylation is 2. The molecule has 1 amide bonds. The number of nitrogens with zero attached hydrogens (tertiary/aromatic N) is 1. The largest absolute Gasteiger partial charge is 0.486 e. The van der Waals surface area contributed by atoms with Crippen LogP contribution in [0.3, 0.4) is 0 Å². The zero-order valence-electron chi connectivity index (χ0n) is 16.5. The highest BCUT2D eigenvalue weighted by Crippen LogP contribution is 2.28. The third-order valence-corrected chi connectivity index (χ3v) is 5.40. The number of hydrogen-bond donors (Lipinski definition) is 2. The maximum Gasteiger partial charge on any atom is 0.238 e. The SMILES string of the molecule is Cc1ccc(C)c(NC(=O)CN2CC[C@](C)(O)[C@@H](Oc3cccc(Cl)c3)C2)c1. The summed E-state index contributed by atoms with van der Waals surface area (Å²) >= 11 is 6.03. The molecule has 2 aromatic carbocycles. The second kappa shape index (κ2) is 8.52. The Morgan fingerprint density at radius 2 is 2.11 bits per heavy atom. The minimum absolute atomic E-state index is 0.0725. The molecular weight excluding hydrogens is 376 g/mol. The molecule has 2 N–H and O–H groups in total. The lowest BCUT2D eigenvalue weighted by atomic mass is 9.90. The molecule has 5 nitrogen and oxygen atoms in total. The fourth-order valence-corrected chi connectivity index (χ4v) is 3.52. The van der Waals surface area contributed by atoms with Gasteiger partial charge < -0.3 is 15.2 Å². The third-order valence-electron chi connectivity index (χ3n) is 5.16. The molecule has 150 valence electrons. The number of carbonyl (C=O) groups excluding carboxylic acids is 1. The first-order valence-electron chi connectivity index (χ1n) is 9.47. The van der Waals surface area contributed by atoms with Gasteiger partial charge in [0.05, 0.1) is 6.54 Å². The van der Waals surface area contributed by atoms with E-state index in [1.807, 2.05) is 49.1 Å². The Morgan fingerprint density at radius 3 is 2.86 bits per heavy atom. The van der Waals surface area contributed by atoms with Crippen molar-refractivity contribution in [3.05, 3.63) is 58.6 Å². The Bertz CT molecular complexity index is 853. The van der Waals surface area contributed by atoms with E-state index >= 15 is 0 Å². The van der Waals surface area contributed by atoms with Crippen molar-refractivity contribution in [3.63, 3.8) is 0 Å². The van der Waals surface area contributed by atoms with Crippen molar-refractivity contribution < 1.29 is 14.6 Å². The van der Waals surface area contributed by atoms with E-state index in [2.05, 4.69) is 5.32 Å². The quantitative estimate of drug-likeness (QED) is 0.798. The number of rotatable bonds is 5. The highest BCUT2D eigenvalue weighted by molar-refractivity contribution is 6.30. The molecule has 1 fully saturated rings. The van der Waals surface area contributed by atoms with E-state index in [4.69, 9.17) is 16.3 Å². The predicted octanol–water partition coefficient (Wildman–Crippen LogP) is 3.80. The summed E-state index contributed by atoms with van der Waals surface area (Å²) in [5, 5.41) is 14.3. The van der Waals surface area contributed by atoms with Gasteiger partial charge in [0.1, 0.15) is 17.5 Å². The van der Waals surface area contributed by atoms with Crippen LogP contribution in [0.5, 0.6) is 5.75 Å². The van der Waals surface area contributed by atoms with Gasteiger partial charge in [-0.15, -0.1) is 0 Å². The number of carbonyl (C=O) groups is 1. The summed E-state index contributed by atoms with van der Waals surface area (Å²) < 4.78 is 6.01. The smallest absolute Gasteiger partial charge is 0.238 e. The zero-order chi connectivity index (χ0) is 20.3. The first-order valence-corrected chi connectivity index (χ1v) is 9.85. The topological polar surface area (TPSA) is 61.8 Å². The molecule has 1 aliphatic heterocycles. The highest BCUT2D eigenvalue weighted by atomic mass is 35.5. The number of hydrogen-bond acceptors (Lipinski definition) is 4. The van der Waals surface area contributed by atoms with Crippen LogP contribution in [0.2, 0.25) is 5.02 Å². The molecule has 2 atom stereocenters. The van der Waals surface area contributed by atoms with E-state index in [0.717, 1.165) is 16.8 Å². The Kier molecular flexibility index (Phi) is 6.28. The van der Waals surface area contributed by atoms with Gasteiger partial charge in [0.2, 0.25) is 5.91 Å². The van der Waals surface area contributed by atoms with Crippen LogP contribution in [0.1, 0.15) is 24.5 Å². The number of piperidine rings is 1. The lowest BCUT2D eigenvalue weighted by Crippen LogP contribution is -2.57. The van der Waals surface area contributed by atoms with Gasteiger partial charge in [0.15, 0.2) is 0 Å². The van der Waals surface area contributed by atoms with E-state index in [9.17, 15) is 9.90 Å². The number of amides is 1. The molecule has 3 rings (SSSR count). The van der Waals surface area contributed by atoms with E-state index in [0.29, 0.717) is 30.3 Å². The van der Waals surface area contributed by atoms with E-state index < -0.39 is 11.7 Å². The van der Waals surface area contributed by atoms with Crippen LogP contribution in [0.25, 0.3) is 0 Å². The summed E-state index contributed by atoms with van der Waals surface area (Å²) in [6.07, 6.45) is 0.0721. The van der Waals surface area contributed by atoms with Crippen LogP contribution >= 0.6 is 11.6 Å². The molecule has 0 bridgehead atoms. The average molecular weight is 403 g/mol. The molecule has 0 spiro atoms. The lowest BCUT2D eigenvalue weighted by Gasteiger charge is -2.42. The molecule has 0 aromatic heterocycles. The van der Waals surface area contributed by atoms with E-state index in [-0.39, 0.29) is 12.5 Å². The van der Waals surface area contributed by atoms with Gasteiger partial charge in [-0.25, -0.2) is 0 Å². The molecule has 1 aliphatic rings. The summed E-state index contributed by atoms with van der Waals surface area (Å²) in [7, 11) is 0. The van der Waals surface area contributed by atoms with Crippen LogP contribution < -0.4 is 10.1 Å². The van der Waals surface area contributed by atoms with Crippen LogP contribution in [-0.2, 0) is 4.79 Å². The van der Waals surface area contributed by atoms with Gasteiger partial charge in [-0.05, 0) is 62.6 Å². The Morgan fingerprint density at radius 1 is 1.32 bits per heavy atom. The zero-order valence-corrected chi connectivity index (χ0v) is 17.3. The van der Waals surface area contributed by atoms with Crippen LogP contribution in [-0.4, -0.2) is 47.3 Å². The van der Waals surface area contributed by atoms with Gasteiger partial charge >= 0.3 is 0 Å². The van der Waals surface area contributed by atoms with Crippen LogP contribution in [0, 0.1) is 13.8 Å². The van der Waals surface area contributed by atoms with Crippen molar-refractivity contribution in [2.45, 2.75) is 38.9 Å². The summed E-state index contributed by atoms with van der Waals surface area (Å²) in [5.41, 5.74) is 2.00. The maximum atomic E-state index is 12.5. The van der Waals surface area contributed by atoms with Crippen molar-refractivity contribution in [3.8, 4) is 5.75 Å². The number of anilines is 1. The summed E-state index contributed by atoms with van der Waals surface area (Å²) in [6, 6.07) is 13.1. The van der Waals surface area contributed by atoms with Crippen molar-refractivity contribution in [2.75, 3.05) is 25.0 Å². The highest BCUT2D eigenvalue weighted by Gasteiger charge is 2.39. The molecule has 1 heterocycles. The molecule has 1 saturated heterocycles. The summed E-state index contributed by atoms with van der Waals surface area (Å²) in [5.74, 6) is 0.538. The van der Waals surface area contributed by atoms with Gasteiger partial charge in [0.25, 0.3) is 0 Å². The molecule has 0 radical (unpaired) electrons. The minimum Gasteiger partial charge on any atom is -0.486 e. The molecule has 0 saturated carbocycles. The Labute approximate surface area is 171 Å². The Balaban J connectivity index is 1.63. The normalized spacial score (nSPS) is 22.7. The lowest BCUT2D eigenvalue weighted by molar-refractivity contribution is -0.122. The summed E-state index contributed by atoms with van der Waals surface area (Å²) in [6.45, 7) is 7.08. The number of benzene rings is 2. The fourth-order valence-electron chi connectivity index (χ4n) is 3.34. The fraction of sp³-hybridized carbons (Fsp3) is 0.409. The van der Waals surface area contributed by atoms with E-state index in [1.54, 1.807) is 19.1 Å². The van der Waals surface area contributed by atoms with Crippen molar-refractivity contribution in [1.29, 1.82) is 0 Å². The molecule has 2 aromatic rings. The Hall–Kier alpha value is -2.08. The number of halogens is 1. The average Bonchev–Trinajstić information content (AvgIpc) is 2.61. The number of ether oxygens (including phenoxy) is 1. The van der Waals surface area contributed by atoms with Crippen LogP contribution in [0.15, 0.2) is 42.5 Å². The first kappa shape index (κ1) is 20.6. The van der Waals surface area contributed by atoms with Crippen molar-refractivity contribution in [1.82, 2.24) is 4.90 Å². The standard InChI is InChI=1S/C22H27ClN2O3/c1-15-7-8-16(2)19(11-15)24-21(26)14-25-10-9-22(3,27)20(13-25)28-18-6-4-5-17(23)12-18/h4-8,11-12,20,27H,9-10,13-14H2,1-3H3,(H,24,26)/t20-,22-/m0/s1. The molecule has 0 aliphatic carbocycles. The number of likely N-dealkylation sites (tertiary alicyclic amines) is 1. The summed E-state index contributed by atoms with van der Waals surface area (Å²) in [4.78, 5) is 14.5. The van der Waals surface area contributed by atoms with Gasteiger partial charge in [0, 0.05) is 23.8 Å². The molecular formula is C22H27ClN2O3. The molecule has 28 heavy (non-hydrogen) atoms. The van der Waals surface area contributed by atoms with Gasteiger partial charge in [-0.2, -0.15) is 0 Å². The maximum absolute atomic E-state index is 12.5.